The fourth-order valence-corrected chi connectivity index (χ4v) is 2.16. The molecule has 1 aliphatic heterocycles. The van der Waals surface area contributed by atoms with Gasteiger partial charge in [-0.05, 0) is 28.5 Å². The van der Waals surface area contributed by atoms with Crippen LogP contribution in [0, 0.1) is 5.82 Å². The van der Waals surface area contributed by atoms with Gasteiger partial charge < -0.3 is 4.74 Å². The van der Waals surface area contributed by atoms with Crippen molar-refractivity contribution in [3.63, 3.8) is 0 Å². The Bertz CT molecular complexity index is 520. The molecule has 16 heavy (non-hydrogen) atoms. The highest BCUT2D eigenvalue weighted by Gasteiger charge is 2.19. The first-order valence-electron chi connectivity index (χ1n) is 5.35. The van der Waals surface area contributed by atoms with E-state index in [4.69, 9.17) is 4.74 Å². The van der Waals surface area contributed by atoms with Gasteiger partial charge in [0.25, 0.3) is 0 Å². The van der Waals surface area contributed by atoms with Crippen LogP contribution in [0.2, 0.25) is 0 Å². The lowest BCUT2D eigenvalue weighted by Gasteiger charge is -2.12. The van der Waals surface area contributed by atoms with E-state index in [-0.39, 0.29) is 11.9 Å². The van der Waals surface area contributed by atoms with E-state index in [9.17, 15) is 4.39 Å². The highest BCUT2D eigenvalue weighted by atomic mass is 19.1. The van der Waals surface area contributed by atoms with Crippen molar-refractivity contribution >= 4 is 10.8 Å². The predicted molar refractivity (Wildman–Crippen MR) is 60.6 cm³/mol. The molecular weight excluding hydrogens is 205 g/mol. The molecule has 0 radical (unpaired) electrons. The van der Waals surface area contributed by atoms with Gasteiger partial charge in [-0.15, -0.1) is 0 Å². The van der Waals surface area contributed by atoms with E-state index in [1.807, 2.05) is 18.2 Å². The molecule has 1 fully saturated rings. The van der Waals surface area contributed by atoms with Gasteiger partial charge in [-0.3, -0.25) is 5.32 Å². The average molecular weight is 217 g/mol. The van der Waals surface area contributed by atoms with Crippen LogP contribution in [0.1, 0.15) is 11.7 Å². The summed E-state index contributed by atoms with van der Waals surface area (Å²) in [5, 5.41) is 5.13. The molecule has 3 heteroatoms. The first-order valence-corrected chi connectivity index (χ1v) is 5.35. The van der Waals surface area contributed by atoms with Crippen LogP contribution in [-0.2, 0) is 4.74 Å². The van der Waals surface area contributed by atoms with E-state index in [2.05, 4.69) is 5.32 Å². The largest absolute Gasteiger partial charge is 0.357 e. The molecule has 1 atom stereocenters. The minimum atomic E-state index is -0.203. The second-order valence-corrected chi connectivity index (χ2v) is 3.97. The second kappa shape index (κ2) is 3.85. The van der Waals surface area contributed by atoms with Gasteiger partial charge in [0.1, 0.15) is 5.82 Å². The smallest absolute Gasteiger partial charge is 0.123 e. The van der Waals surface area contributed by atoms with Gasteiger partial charge in [0, 0.05) is 6.54 Å². The Morgan fingerprint density at radius 2 is 2.19 bits per heavy atom. The van der Waals surface area contributed by atoms with E-state index < -0.39 is 0 Å². The lowest BCUT2D eigenvalue weighted by atomic mass is 10.0. The zero-order valence-electron chi connectivity index (χ0n) is 8.74. The van der Waals surface area contributed by atoms with E-state index >= 15 is 0 Å². The Balaban J connectivity index is 2.18. The molecular formula is C13H12FNO. The van der Waals surface area contributed by atoms with Crippen LogP contribution >= 0.6 is 0 Å². The molecule has 0 amide bonds. The molecule has 3 rings (SSSR count). The summed E-state index contributed by atoms with van der Waals surface area (Å²) < 4.78 is 18.8. The molecule has 1 saturated heterocycles. The third-order valence-electron chi connectivity index (χ3n) is 2.94. The molecule has 0 spiro atoms. The van der Waals surface area contributed by atoms with Crippen LogP contribution in [-0.4, -0.2) is 13.3 Å². The molecule has 1 unspecified atom stereocenters. The minimum absolute atomic E-state index is 0.0329. The molecule has 2 nitrogen and oxygen atoms in total. The van der Waals surface area contributed by atoms with Gasteiger partial charge in [-0.2, -0.15) is 0 Å². The van der Waals surface area contributed by atoms with Crippen molar-refractivity contribution in [3.8, 4) is 0 Å². The Hall–Kier alpha value is -1.45. The number of hydrogen-bond donors (Lipinski definition) is 1. The standard InChI is InChI=1S/C13H12FNO/c14-10-5-4-9-2-1-3-11(12(9)6-10)13-7-15-8-16-13/h1-6,13,15H,7-8H2. The van der Waals surface area contributed by atoms with Crippen molar-refractivity contribution in [1.82, 2.24) is 5.32 Å². The fraction of sp³-hybridized carbons (Fsp3) is 0.231. The van der Waals surface area contributed by atoms with Crippen molar-refractivity contribution in [2.24, 2.45) is 0 Å². The lowest BCUT2D eigenvalue weighted by Crippen LogP contribution is -2.08. The van der Waals surface area contributed by atoms with Gasteiger partial charge in [0.2, 0.25) is 0 Å². The fourth-order valence-electron chi connectivity index (χ4n) is 2.16. The van der Waals surface area contributed by atoms with Crippen LogP contribution in [0.15, 0.2) is 36.4 Å². The zero-order chi connectivity index (χ0) is 11.0. The predicted octanol–water partition coefficient (Wildman–Crippen LogP) is 2.60. The topological polar surface area (TPSA) is 21.3 Å². The van der Waals surface area contributed by atoms with Crippen molar-refractivity contribution in [3.05, 3.63) is 47.8 Å². The molecule has 1 heterocycles. The van der Waals surface area contributed by atoms with Crippen LogP contribution in [0.3, 0.4) is 0 Å². The highest BCUT2D eigenvalue weighted by Crippen LogP contribution is 2.28. The highest BCUT2D eigenvalue weighted by molar-refractivity contribution is 5.86. The van der Waals surface area contributed by atoms with Crippen LogP contribution < -0.4 is 5.32 Å². The Morgan fingerprint density at radius 1 is 1.25 bits per heavy atom. The van der Waals surface area contributed by atoms with E-state index in [1.165, 1.54) is 6.07 Å². The summed E-state index contributed by atoms with van der Waals surface area (Å²) in [5.41, 5.74) is 1.06. The van der Waals surface area contributed by atoms with Gasteiger partial charge in [-0.1, -0.05) is 24.3 Å². The Kier molecular flexibility index (Phi) is 2.35. The van der Waals surface area contributed by atoms with Crippen molar-refractivity contribution in [1.29, 1.82) is 0 Å². The molecule has 0 aromatic heterocycles. The molecule has 1 aliphatic rings. The van der Waals surface area contributed by atoms with Crippen LogP contribution in [0.25, 0.3) is 10.8 Å². The summed E-state index contributed by atoms with van der Waals surface area (Å²) in [4.78, 5) is 0. The lowest BCUT2D eigenvalue weighted by molar-refractivity contribution is 0.115. The summed E-state index contributed by atoms with van der Waals surface area (Å²) in [6, 6.07) is 10.8. The normalized spacial score (nSPS) is 20.4. The Labute approximate surface area is 93.0 Å². The van der Waals surface area contributed by atoms with Crippen molar-refractivity contribution < 1.29 is 9.13 Å². The number of hydrogen-bond acceptors (Lipinski definition) is 2. The monoisotopic (exact) mass is 217 g/mol. The number of benzene rings is 2. The SMILES string of the molecule is Fc1ccc2cccc(C3CNCO3)c2c1. The molecule has 2 aromatic rings. The summed E-state index contributed by atoms with van der Waals surface area (Å²) in [6.07, 6.45) is 0.0329. The molecule has 2 aromatic carbocycles. The first-order chi connectivity index (χ1) is 7.84. The van der Waals surface area contributed by atoms with E-state index in [0.29, 0.717) is 6.73 Å². The van der Waals surface area contributed by atoms with Gasteiger partial charge in [0.15, 0.2) is 0 Å². The number of fused-ring (bicyclic) bond motifs is 1. The maximum absolute atomic E-state index is 13.2. The molecule has 0 bridgehead atoms. The number of nitrogens with one attached hydrogen (secondary N) is 1. The van der Waals surface area contributed by atoms with Crippen LogP contribution in [0.5, 0.6) is 0 Å². The van der Waals surface area contributed by atoms with Crippen LogP contribution in [0.4, 0.5) is 4.39 Å². The maximum Gasteiger partial charge on any atom is 0.123 e. The first kappa shape index (κ1) is 9.75. The quantitative estimate of drug-likeness (QED) is 0.792. The zero-order valence-corrected chi connectivity index (χ0v) is 8.74. The molecule has 0 saturated carbocycles. The van der Waals surface area contributed by atoms with Gasteiger partial charge >= 0.3 is 0 Å². The summed E-state index contributed by atoms with van der Waals surface area (Å²) in [7, 11) is 0. The maximum atomic E-state index is 13.2. The third-order valence-corrected chi connectivity index (χ3v) is 2.94. The number of rotatable bonds is 1. The number of ether oxygens (including phenoxy) is 1. The second-order valence-electron chi connectivity index (χ2n) is 3.97. The Morgan fingerprint density at radius 3 is 3.00 bits per heavy atom. The number of halogens is 1. The van der Waals surface area contributed by atoms with Crippen molar-refractivity contribution in [2.75, 3.05) is 13.3 Å². The average Bonchev–Trinajstić information content (AvgIpc) is 2.81. The van der Waals surface area contributed by atoms with Gasteiger partial charge in [-0.25, -0.2) is 4.39 Å². The van der Waals surface area contributed by atoms with Crippen molar-refractivity contribution in [2.45, 2.75) is 6.10 Å². The third kappa shape index (κ3) is 1.58. The van der Waals surface area contributed by atoms with Gasteiger partial charge in [0.05, 0.1) is 12.8 Å². The molecule has 0 aliphatic carbocycles. The summed E-state index contributed by atoms with van der Waals surface area (Å²) in [5.74, 6) is -0.203. The van der Waals surface area contributed by atoms with E-state index in [1.54, 1.807) is 12.1 Å². The summed E-state index contributed by atoms with van der Waals surface area (Å²) in [6.45, 7) is 1.35. The molecule has 82 valence electrons. The summed E-state index contributed by atoms with van der Waals surface area (Å²) >= 11 is 0. The van der Waals surface area contributed by atoms with E-state index in [0.717, 1.165) is 22.9 Å². The molecule has 1 N–H and O–H groups in total. The minimum Gasteiger partial charge on any atom is -0.357 e.